The number of amides is 1. The smallest absolute Gasteiger partial charge is 0.237 e. The molecule has 0 radical (unpaired) electrons. The number of carbonyl (C=O) groups is 1. The molecule has 5 nitrogen and oxygen atoms in total. The maximum absolute atomic E-state index is 12.4. The fourth-order valence-electron chi connectivity index (χ4n) is 3.98. The van der Waals surface area contributed by atoms with Crippen LogP contribution in [0.2, 0.25) is 0 Å². The molecule has 0 aromatic heterocycles. The highest BCUT2D eigenvalue weighted by Crippen LogP contribution is 2.30. The van der Waals surface area contributed by atoms with Crippen LogP contribution in [0.3, 0.4) is 0 Å². The van der Waals surface area contributed by atoms with Gasteiger partial charge < -0.3 is 15.4 Å². The van der Waals surface area contributed by atoms with E-state index in [0.29, 0.717) is 12.6 Å². The summed E-state index contributed by atoms with van der Waals surface area (Å²) in [7, 11) is 0. The van der Waals surface area contributed by atoms with Gasteiger partial charge in [-0.1, -0.05) is 13.8 Å². The molecule has 0 aromatic rings. The van der Waals surface area contributed by atoms with Crippen LogP contribution < -0.4 is 10.6 Å². The summed E-state index contributed by atoms with van der Waals surface area (Å²) in [6.45, 7) is 8.91. The predicted molar refractivity (Wildman–Crippen MR) is 82.2 cm³/mol. The number of fused-ring (bicyclic) bond motifs is 1. The fourth-order valence-corrected chi connectivity index (χ4v) is 3.98. The van der Waals surface area contributed by atoms with Crippen LogP contribution in [0.15, 0.2) is 0 Å². The van der Waals surface area contributed by atoms with Gasteiger partial charge in [0.05, 0.1) is 18.8 Å². The molecule has 120 valence electrons. The highest BCUT2D eigenvalue weighted by molar-refractivity contribution is 5.82. The van der Waals surface area contributed by atoms with E-state index >= 15 is 0 Å². The molecule has 0 aliphatic carbocycles. The van der Waals surface area contributed by atoms with Crippen molar-refractivity contribution in [3.63, 3.8) is 0 Å². The molecule has 0 bridgehead atoms. The van der Waals surface area contributed by atoms with Crippen molar-refractivity contribution in [2.75, 3.05) is 32.8 Å². The zero-order chi connectivity index (χ0) is 14.9. The Hall–Kier alpha value is -0.650. The van der Waals surface area contributed by atoms with Gasteiger partial charge in [0.25, 0.3) is 0 Å². The first-order chi connectivity index (χ1) is 10.1. The SMILES string of the molecule is CC1(C)CCCNC1C(=O)NCC1CN2CCCC2CO1. The lowest BCUT2D eigenvalue weighted by Gasteiger charge is -2.39. The Morgan fingerprint density at radius 3 is 3.10 bits per heavy atom. The number of morpholine rings is 1. The quantitative estimate of drug-likeness (QED) is 0.806. The van der Waals surface area contributed by atoms with Crippen LogP contribution in [0.25, 0.3) is 0 Å². The van der Waals surface area contributed by atoms with Gasteiger partial charge in [0.15, 0.2) is 0 Å². The third-order valence-electron chi connectivity index (χ3n) is 5.36. The Balaban J connectivity index is 1.47. The van der Waals surface area contributed by atoms with Crippen molar-refractivity contribution < 1.29 is 9.53 Å². The first-order valence-electron chi connectivity index (χ1n) is 8.43. The zero-order valence-electron chi connectivity index (χ0n) is 13.4. The van der Waals surface area contributed by atoms with Crippen LogP contribution in [0.4, 0.5) is 0 Å². The molecule has 3 heterocycles. The second kappa shape index (κ2) is 6.23. The normalized spacial score (nSPS) is 36.2. The number of nitrogens with zero attached hydrogens (tertiary/aromatic N) is 1. The molecule has 2 N–H and O–H groups in total. The molecule has 5 heteroatoms. The number of nitrogens with one attached hydrogen (secondary N) is 2. The lowest BCUT2D eigenvalue weighted by Crippen LogP contribution is -2.57. The lowest BCUT2D eigenvalue weighted by molar-refractivity contribution is -0.128. The molecular weight excluding hydrogens is 266 g/mol. The summed E-state index contributed by atoms with van der Waals surface area (Å²) in [6, 6.07) is 0.547. The van der Waals surface area contributed by atoms with Crippen molar-refractivity contribution in [2.45, 2.75) is 57.7 Å². The highest BCUT2D eigenvalue weighted by atomic mass is 16.5. The second-order valence-corrected chi connectivity index (χ2v) is 7.47. The van der Waals surface area contributed by atoms with Crippen LogP contribution in [-0.4, -0.2) is 61.8 Å². The van der Waals surface area contributed by atoms with Crippen molar-refractivity contribution in [1.29, 1.82) is 0 Å². The summed E-state index contributed by atoms with van der Waals surface area (Å²) in [5.74, 6) is 0.131. The van der Waals surface area contributed by atoms with Gasteiger partial charge in [-0.25, -0.2) is 0 Å². The largest absolute Gasteiger partial charge is 0.373 e. The van der Waals surface area contributed by atoms with Gasteiger partial charge in [0, 0.05) is 19.1 Å². The summed E-state index contributed by atoms with van der Waals surface area (Å²) in [6.07, 6.45) is 4.95. The van der Waals surface area contributed by atoms with Gasteiger partial charge in [-0.2, -0.15) is 0 Å². The highest BCUT2D eigenvalue weighted by Gasteiger charge is 2.38. The van der Waals surface area contributed by atoms with E-state index in [2.05, 4.69) is 29.4 Å². The van der Waals surface area contributed by atoms with Crippen molar-refractivity contribution in [3.8, 4) is 0 Å². The summed E-state index contributed by atoms with van der Waals surface area (Å²) < 4.78 is 5.90. The van der Waals surface area contributed by atoms with Gasteiger partial charge in [-0.3, -0.25) is 9.69 Å². The fraction of sp³-hybridized carbons (Fsp3) is 0.938. The molecule has 1 amide bonds. The minimum atomic E-state index is -0.0747. The molecule has 21 heavy (non-hydrogen) atoms. The second-order valence-electron chi connectivity index (χ2n) is 7.47. The van der Waals surface area contributed by atoms with Crippen molar-refractivity contribution in [1.82, 2.24) is 15.5 Å². The topological polar surface area (TPSA) is 53.6 Å². The van der Waals surface area contributed by atoms with Crippen molar-refractivity contribution in [3.05, 3.63) is 0 Å². The van der Waals surface area contributed by atoms with Crippen LogP contribution >= 0.6 is 0 Å². The van der Waals surface area contributed by atoms with Crippen LogP contribution in [0.1, 0.15) is 39.5 Å². The molecule has 3 unspecified atom stereocenters. The molecule has 3 fully saturated rings. The molecule has 3 rings (SSSR count). The minimum absolute atomic E-state index is 0.0375. The number of hydrogen-bond donors (Lipinski definition) is 2. The lowest BCUT2D eigenvalue weighted by atomic mass is 9.77. The van der Waals surface area contributed by atoms with Gasteiger partial charge >= 0.3 is 0 Å². The molecule has 0 spiro atoms. The van der Waals surface area contributed by atoms with Crippen LogP contribution in [0.5, 0.6) is 0 Å². The van der Waals surface area contributed by atoms with E-state index in [0.717, 1.165) is 32.5 Å². The zero-order valence-corrected chi connectivity index (χ0v) is 13.4. The third kappa shape index (κ3) is 3.41. The average molecular weight is 295 g/mol. The maximum Gasteiger partial charge on any atom is 0.237 e. The van der Waals surface area contributed by atoms with E-state index in [1.807, 2.05) is 0 Å². The third-order valence-corrected chi connectivity index (χ3v) is 5.36. The predicted octanol–water partition coefficient (Wildman–Crippen LogP) is 0.744. The van der Waals surface area contributed by atoms with Crippen molar-refractivity contribution >= 4 is 5.91 Å². The summed E-state index contributed by atoms with van der Waals surface area (Å²) in [5, 5.41) is 6.48. The summed E-state index contributed by atoms with van der Waals surface area (Å²) in [5.41, 5.74) is 0.0375. The van der Waals surface area contributed by atoms with Crippen LogP contribution in [0, 0.1) is 5.41 Å². The van der Waals surface area contributed by atoms with Gasteiger partial charge in [-0.15, -0.1) is 0 Å². The Bertz CT molecular complexity index is 386. The molecule has 0 saturated carbocycles. The molecule has 3 atom stereocenters. The molecule has 3 aliphatic heterocycles. The number of rotatable bonds is 3. The number of ether oxygens (including phenoxy) is 1. The first-order valence-corrected chi connectivity index (χ1v) is 8.43. The van der Waals surface area contributed by atoms with E-state index in [1.54, 1.807) is 0 Å². The minimum Gasteiger partial charge on any atom is -0.373 e. The average Bonchev–Trinajstić information content (AvgIpc) is 2.91. The van der Waals surface area contributed by atoms with Gasteiger partial charge in [-0.05, 0) is 44.2 Å². The Kier molecular flexibility index (Phi) is 4.52. The van der Waals surface area contributed by atoms with Gasteiger partial charge in [0.2, 0.25) is 5.91 Å². The summed E-state index contributed by atoms with van der Waals surface area (Å²) in [4.78, 5) is 15.0. The monoisotopic (exact) mass is 295 g/mol. The Labute approximate surface area is 127 Å². The van der Waals surface area contributed by atoms with E-state index < -0.39 is 0 Å². The maximum atomic E-state index is 12.4. The molecule has 3 aliphatic rings. The van der Waals surface area contributed by atoms with Crippen molar-refractivity contribution in [2.24, 2.45) is 5.41 Å². The molecular formula is C16H29N3O2. The van der Waals surface area contributed by atoms with Crippen LogP contribution in [-0.2, 0) is 9.53 Å². The Morgan fingerprint density at radius 2 is 2.29 bits per heavy atom. The van der Waals surface area contributed by atoms with E-state index in [-0.39, 0.29) is 23.5 Å². The summed E-state index contributed by atoms with van der Waals surface area (Å²) >= 11 is 0. The molecule has 0 aromatic carbocycles. The number of hydrogen-bond acceptors (Lipinski definition) is 4. The number of carbonyl (C=O) groups excluding carboxylic acids is 1. The standard InChI is InChI=1S/C16H29N3O2/c1-16(2)6-4-7-17-14(16)15(20)18-9-13-10-19-8-3-5-12(19)11-21-13/h12-14,17H,3-11H2,1-2H3,(H,18,20). The van der Waals surface area contributed by atoms with E-state index in [1.165, 1.54) is 19.4 Å². The van der Waals surface area contributed by atoms with E-state index in [4.69, 9.17) is 4.74 Å². The number of piperidine rings is 1. The first kappa shape index (κ1) is 15.3. The molecule has 3 saturated heterocycles. The van der Waals surface area contributed by atoms with Gasteiger partial charge in [0.1, 0.15) is 0 Å². The van der Waals surface area contributed by atoms with E-state index in [9.17, 15) is 4.79 Å². The Morgan fingerprint density at radius 1 is 1.43 bits per heavy atom.